The summed E-state index contributed by atoms with van der Waals surface area (Å²) >= 11 is 0. The van der Waals surface area contributed by atoms with Gasteiger partial charge in [0.2, 0.25) is 0 Å². The van der Waals surface area contributed by atoms with E-state index in [0.29, 0.717) is 24.0 Å². The summed E-state index contributed by atoms with van der Waals surface area (Å²) in [6.45, 7) is 7.01. The SMILES string of the molecule is COc1nc(C)cc(=O)n1Cc1ncnn1CC(C)C. The van der Waals surface area contributed by atoms with Crippen LogP contribution in [0.25, 0.3) is 0 Å². The summed E-state index contributed by atoms with van der Waals surface area (Å²) in [5.41, 5.74) is 0.472. The molecule has 0 N–H and O–H groups in total. The van der Waals surface area contributed by atoms with Crippen LogP contribution in [0, 0.1) is 12.8 Å². The van der Waals surface area contributed by atoms with E-state index in [2.05, 4.69) is 28.9 Å². The Kier molecular flexibility index (Phi) is 4.16. The predicted octanol–water partition coefficient (Wildman–Crippen LogP) is 0.856. The molecule has 0 spiro atoms. The highest BCUT2D eigenvalue weighted by Gasteiger charge is 2.12. The number of rotatable bonds is 5. The van der Waals surface area contributed by atoms with E-state index in [1.807, 2.05) is 0 Å². The van der Waals surface area contributed by atoms with Crippen molar-refractivity contribution in [1.82, 2.24) is 24.3 Å². The molecule has 2 heterocycles. The Bertz CT molecular complexity index is 644. The van der Waals surface area contributed by atoms with Gasteiger partial charge >= 0.3 is 0 Å². The van der Waals surface area contributed by atoms with Gasteiger partial charge in [-0.1, -0.05) is 13.8 Å². The highest BCUT2D eigenvalue weighted by Crippen LogP contribution is 2.08. The molecule has 0 aliphatic rings. The molecule has 2 aromatic rings. The first kappa shape index (κ1) is 14.2. The van der Waals surface area contributed by atoms with Crippen molar-refractivity contribution in [2.75, 3.05) is 7.11 Å². The molecule has 108 valence electrons. The number of ether oxygens (including phenoxy) is 1. The van der Waals surface area contributed by atoms with Crippen LogP contribution in [0.4, 0.5) is 0 Å². The quantitative estimate of drug-likeness (QED) is 0.810. The first-order chi connectivity index (χ1) is 9.51. The van der Waals surface area contributed by atoms with Crippen LogP contribution >= 0.6 is 0 Å². The van der Waals surface area contributed by atoms with Gasteiger partial charge in [-0.2, -0.15) is 5.10 Å². The molecule has 0 aliphatic heterocycles. The lowest BCUT2D eigenvalue weighted by Crippen LogP contribution is -2.25. The van der Waals surface area contributed by atoms with E-state index in [-0.39, 0.29) is 11.6 Å². The third kappa shape index (κ3) is 3.04. The van der Waals surface area contributed by atoms with Crippen molar-refractivity contribution >= 4 is 0 Å². The van der Waals surface area contributed by atoms with Crippen LogP contribution in [0.5, 0.6) is 6.01 Å². The summed E-state index contributed by atoms with van der Waals surface area (Å²) in [6.07, 6.45) is 1.50. The smallest absolute Gasteiger partial charge is 0.299 e. The van der Waals surface area contributed by atoms with Gasteiger partial charge in [-0.25, -0.2) is 14.6 Å². The van der Waals surface area contributed by atoms with Gasteiger partial charge in [0.25, 0.3) is 11.6 Å². The molecule has 7 heteroatoms. The number of hydrogen-bond donors (Lipinski definition) is 0. The average Bonchev–Trinajstić information content (AvgIpc) is 2.78. The van der Waals surface area contributed by atoms with Crippen LogP contribution in [0.3, 0.4) is 0 Å². The summed E-state index contributed by atoms with van der Waals surface area (Å²) in [5, 5.41) is 4.18. The van der Waals surface area contributed by atoms with Gasteiger partial charge in [0.1, 0.15) is 12.2 Å². The standard InChI is InChI=1S/C13H19N5O2/c1-9(2)6-18-11(14-8-15-18)7-17-12(19)5-10(3)16-13(17)20-4/h5,8-9H,6-7H2,1-4H3. The zero-order valence-corrected chi connectivity index (χ0v) is 12.2. The van der Waals surface area contributed by atoms with Crippen molar-refractivity contribution in [3.63, 3.8) is 0 Å². The van der Waals surface area contributed by atoms with Crippen molar-refractivity contribution in [3.8, 4) is 6.01 Å². The van der Waals surface area contributed by atoms with Crippen LogP contribution in [-0.2, 0) is 13.1 Å². The largest absolute Gasteiger partial charge is 0.468 e. The topological polar surface area (TPSA) is 74.8 Å². The number of aromatic nitrogens is 5. The third-order valence-electron chi connectivity index (χ3n) is 2.82. The Morgan fingerprint density at radius 3 is 2.80 bits per heavy atom. The van der Waals surface area contributed by atoms with E-state index < -0.39 is 0 Å². The second-order valence-corrected chi connectivity index (χ2v) is 5.06. The van der Waals surface area contributed by atoms with Gasteiger partial charge in [-0.05, 0) is 12.8 Å². The zero-order valence-electron chi connectivity index (χ0n) is 12.2. The van der Waals surface area contributed by atoms with Crippen molar-refractivity contribution in [2.24, 2.45) is 5.92 Å². The fourth-order valence-electron chi connectivity index (χ4n) is 1.95. The fourth-order valence-corrected chi connectivity index (χ4v) is 1.95. The van der Waals surface area contributed by atoms with E-state index in [4.69, 9.17) is 4.74 Å². The summed E-state index contributed by atoms with van der Waals surface area (Å²) in [7, 11) is 1.50. The van der Waals surface area contributed by atoms with Crippen molar-refractivity contribution in [3.05, 3.63) is 34.3 Å². The van der Waals surface area contributed by atoms with Crippen LogP contribution in [0.15, 0.2) is 17.2 Å². The molecule has 0 unspecified atom stereocenters. The van der Waals surface area contributed by atoms with Gasteiger partial charge in [0, 0.05) is 18.3 Å². The normalized spacial score (nSPS) is 11.1. The van der Waals surface area contributed by atoms with E-state index in [1.165, 1.54) is 24.1 Å². The van der Waals surface area contributed by atoms with Crippen LogP contribution in [0.1, 0.15) is 25.4 Å². The molecule has 0 radical (unpaired) electrons. The van der Waals surface area contributed by atoms with Crippen molar-refractivity contribution in [1.29, 1.82) is 0 Å². The van der Waals surface area contributed by atoms with Gasteiger partial charge < -0.3 is 4.74 Å². The van der Waals surface area contributed by atoms with Crippen LogP contribution in [0.2, 0.25) is 0 Å². The molecule has 0 amide bonds. The van der Waals surface area contributed by atoms with E-state index in [0.717, 1.165) is 6.54 Å². The highest BCUT2D eigenvalue weighted by molar-refractivity contribution is 5.08. The monoisotopic (exact) mass is 277 g/mol. The molecule has 0 aromatic carbocycles. The summed E-state index contributed by atoms with van der Waals surface area (Å²) in [5.74, 6) is 1.16. The number of methoxy groups -OCH3 is 1. The van der Waals surface area contributed by atoms with Crippen molar-refractivity contribution in [2.45, 2.75) is 33.9 Å². The first-order valence-corrected chi connectivity index (χ1v) is 6.50. The number of aryl methyl sites for hydroxylation is 1. The van der Waals surface area contributed by atoms with Gasteiger partial charge in [-0.15, -0.1) is 0 Å². The van der Waals surface area contributed by atoms with Gasteiger partial charge in [0.05, 0.1) is 13.7 Å². The maximum Gasteiger partial charge on any atom is 0.299 e. The van der Waals surface area contributed by atoms with E-state index in [1.54, 1.807) is 11.6 Å². The Labute approximate surface area is 117 Å². The molecule has 2 aromatic heterocycles. The third-order valence-corrected chi connectivity index (χ3v) is 2.82. The Morgan fingerprint density at radius 1 is 1.40 bits per heavy atom. The van der Waals surface area contributed by atoms with Gasteiger partial charge in [-0.3, -0.25) is 9.36 Å². The molecule has 0 saturated carbocycles. The zero-order chi connectivity index (χ0) is 14.7. The minimum Gasteiger partial charge on any atom is -0.468 e. The molecule has 0 bridgehead atoms. The molecule has 2 rings (SSSR count). The first-order valence-electron chi connectivity index (χ1n) is 6.50. The molecular weight excluding hydrogens is 258 g/mol. The lowest BCUT2D eigenvalue weighted by molar-refractivity contribution is 0.345. The fraction of sp³-hybridized carbons (Fsp3) is 0.538. The molecule has 0 saturated heterocycles. The second kappa shape index (κ2) is 5.85. The number of nitrogens with zero attached hydrogens (tertiary/aromatic N) is 5. The van der Waals surface area contributed by atoms with E-state index >= 15 is 0 Å². The molecule has 0 fully saturated rings. The maximum absolute atomic E-state index is 12.1. The molecule has 7 nitrogen and oxygen atoms in total. The van der Waals surface area contributed by atoms with Crippen molar-refractivity contribution < 1.29 is 4.74 Å². The minimum absolute atomic E-state index is 0.159. The summed E-state index contributed by atoms with van der Waals surface area (Å²) < 4.78 is 8.43. The number of hydrogen-bond acceptors (Lipinski definition) is 5. The van der Waals surface area contributed by atoms with Crippen LogP contribution < -0.4 is 10.3 Å². The molecule has 0 aliphatic carbocycles. The Balaban J connectivity index is 2.35. The van der Waals surface area contributed by atoms with Crippen LogP contribution in [-0.4, -0.2) is 31.4 Å². The maximum atomic E-state index is 12.1. The lowest BCUT2D eigenvalue weighted by atomic mass is 10.2. The summed E-state index contributed by atoms with van der Waals surface area (Å²) in [6, 6.07) is 1.76. The highest BCUT2D eigenvalue weighted by atomic mass is 16.5. The average molecular weight is 277 g/mol. The van der Waals surface area contributed by atoms with Gasteiger partial charge in [0.15, 0.2) is 0 Å². The Hall–Kier alpha value is -2.18. The minimum atomic E-state index is -0.159. The molecule has 20 heavy (non-hydrogen) atoms. The molecular formula is C13H19N5O2. The Morgan fingerprint density at radius 2 is 2.15 bits per heavy atom. The summed E-state index contributed by atoms with van der Waals surface area (Å²) in [4.78, 5) is 20.5. The predicted molar refractivity (Wildman–Crippen MR) is 73.7 cm³/mol. The second-order valence-electron chi connectivity index (χ2n) is 5.06. The lowest BCUT2D eigenvalue weighted by Gasteiger charge is -2.12. The van der Waals surface area contributed by atoms with E-state index in [9.17, 15) is 4.79 Å². The molecule has 0 atom stereocenters.